The number of fused-ring (bicyclic) bond motifs is 1. The molecule has 0 aliphatic carbocycles. The Kier molecular flexibility index (Phi) is 3.66. The molecule has 0 aliphatic heterocycles. The second-order valence-electron chi connectivity index (χ2n) is 5.09. The van der Waals surface area contributed by atoms with Crippen LogP contribution in [0.3, 0.4) is 0 Å². The summed E-state index contributed by atoms with van der Waals surface area (Å²) in [7, 11) is 0. The standard InChI is InChI=1S/C16H17N3O2/c1-3-6-14(20)15-18-16(21-19-15)12-9-10(2)17-13-8-5-4-7-11(12)13/h4-5,7-9,14,20H,3,6H2,1-2H3. The first-order valence-corrected chi connectivity index (χ1v) is 7.07. The van der Waals surface area contributed by atoms with Crippen LogP contribution < -0.4 is 0 Å². The molecule has 2 heterocycles. The maximum absolute atomic E-state index is 9.95. The van der Waals surface area contributed by atoms with E-state index in [1.165, 1.54) is 0 Å². The molecule has 1 atom stereocenters. The normalized spacial score (nSPS) is 12.7. The van der Waals surface area contributed by atoms with Crippen LogP contribution in [0.2, 0.25) is 0 Å². The average Bonchev–Trinajstić information content (AvgIpc) is 2.96. The fourth-order valence-electron chi connectivity index (χ4n) is 2.37. The molecule has 0 fully saturated rings. The number of aryl methyl sites for hydroxylation is 1. The molecule has 5 nitrogen and oxygen atoms in total. The van der Waals surface area contributed by atoms with Gasteiger partial charge in [0.2, 0.25) is 5.82 Å². The Morgan fingerprint density at radius 2 is 2.05 bits per heavy atom. The third-order valence-electron chi connectivity index (χ3n) is 3.38. The molecule has 21 heavy (non-hydrogen) atoms. The molecule has 1 aromatic carbocycles. The van der Waals surface area contributed by atoms with E-state index in [2.05, 4.69) is 15.1 Å². The van der Waals surface area contributed by atoms with Gasteiger partial charge < -0.3 is 9.63 Å². The van der Waals surface area contributed by atoms with Crippen LogP contribution in [0.4, 0.5) is 0 Å². The summed E-state index contributed by atoms with van der Waals surface area (Å²) in [6.45, 7) is 3.93. The summed E-state index contributed by atoms with van der Waals surface area (Å²) >= 11 is 0. The third kappa shape index (κ3) is 2.64. The number of aliphatic hydroxyl groups excluding tert-OH is 1. The maximum atomic E-state index is 9.95. The summed E-state index contributed by atoms with van der Waals surface area (Å²) in [6.07, 6.45) is 0.805. The molecule has 0 bridgehead atoms. The topological polar surface area (TPSA) is 72.0 Å². The van der Waals surface area contributed by atoms with Crippen LogP contribution in [0, 0.1) is 6.92 Å². The van der Waals surface area contributed by atoms with Crippen molar-refractivity contribution >= 4 is 10.9 Å². The zero-order chi connectivity index (χ0) is 14.8. The van der Waals surface area contributed by atoms with E-state index in [9.17, 15) is 5.11 Å². The van der Waals surface area contributed by atoms with Crippen molar-refractivity contribution in [3.8, 4) is 11.5 Å². The fraction of sp³-hybridized carbons (Fsp3) is 0.312. The number of aliphatic hydroxyl groups is 1. The highest BCUT2D eigenvalue weighted by atomic mass is 16.5. The van der Waals surface area contributed by atoms with Crippen molar-refractivity contribution in [3.05, 3.63) is 41.9 Å². The molecule has 0 saturated heterocycles. The summed E-state index contributed by atoms with van der Waals surface area (Å²) in [6, 6.07) is 9.75. The van der Waals surface area contributed by atoms with Crippen molar-refractivity contribution in [2.75, 3.05) is 0 Å². The van der Waals surface area contributed by atoms with Crippen LogP contribution in [-0.2, 0) is 0 Å². The second kappa shape index (κ2) is 5.61. The molecule has 108 valence electrons. The molecule has 5 heteroatoms. The molecule has 0 spiro atoms. The minimum absolute atomic E-state index is 0.338. The van der Waals surface area contributed by atoms with Gasteiger partial charge in [-0.05, 0) is 25.5 Å². The van der Waals surface area contributed by atoms with Crippen LogP contribution in [0.15, 0.2) is 34.9 Å². The maximum Gasteiger partial charge on any atom is 0.258 e. The van der Waals surface area contributed by atoms with Gasteiger partial charge in [-0.2, -0.15) is 4.98 Å². The van der Waals surface area contributed by atoms with E-state index in [-0.39, 0.29) is 0 Å². The Bertz CT molecular complexity index is 767. The number of para-hydroxylation sites is 1. The molecule has 0 amide bonds. The van der Waals surface area contributed by atoms with Gasteiger partial charge in [0.05, 0.1) is 11.1 Å². The fourth-order valence-corrected chi connectivity index (χ4v) is 2.37. The summed E-state index contributed by atoms with van der Waals surface area (Å²) in [5.74, 6) is 0.757. The number of benzene rings is 1. The van der Waals surface area contributed by atoms with Crippen LogP contribution in [0.25, 0.3) is 22.4 Å². The molecule has 1 unspecified atom stereocenters. The summed E-state index contributed by atoms with van der Waals surface area (Å²) < 4.78 is 5.33. The van der Waals surface area contributed by atoms with E-state index < -0.39 is 6.10 Å². The quantitative estimate of drug-likeness (QED) is 0.794. The molecule has 3 aromatic rings. The van der Waals surface area contributed by atoms with E-state index >= 15 is 0 Å². The highest BCUT2D eigenvalue weighted by Gasteiger charge is 2.17. The number of hydrogen-bond donors (Lipinski definition) is 1. The Morgan fingerprint density at radius 3 is 2.86 bits per heavy atom. The van der Waals surface area contributed by atoms with Gasteiger partial charge in [-0.1, -0.05) is 36.7 Å². The van der Waals surface area contributed by atoms with Crippen LogP contribution in [0.5, 0.6) is 0 Å². The van der Waals surface area contributed by atoms with Gasteiger partial charge in [0.25, 0.3) is 5.89 Å². The lowest BCUT2D eigenvalue weighted by molar-refractivity contribution is 0.153. The van der Waals surface area contributed by atoms with Gasteiger partial charge in [-0.15, -0.1) is 0 Å². The Hall–Kier alpha value is -2.27. The predicted molar refractivity (Wildman–Crippen MR) is 79.6 cm³/mol. The monoisotopic (exact) mass is 283 g/mol. The number of pyridine rings is 1. The lowest BCUT2D eigenvalue weighted by Crippen LogP contribution is -1.99. The minimum atomic E-state index is -0.679. The number of aromatic nitrogens is 3. The van der Waals surface area contributed by atoms with E-state index in [4.69, 9.17) is 4.52 Å². The summed E-state index contributed by atoms with van der Waals surface area (Å²) in [5, 5.41) is 14.8. The van der Waals surface area contributed by atoms with Crippen molar-refractivity contribution in [2.45, 2.75) is 32.8 Å². The second-order valence-corrected chi connectivity index (χ2v) is 5.09. The van der Waals surface area contributed by atoms with E-state index in [1.807, 2.05) is 44.2 Å². The highest BCUT2D eigenvalue weighted by Crippen LogP contribution is 2.28. The van der Waals surface area contributed by atoms with Crippen molar-refractivity contribution in [1.29, 1.82) is 0 Å². The zero-order valence-electron chi connectivity index (χ0n) is 12.1. The van der Waals surface area contributed by atoms with E-state index in [1.54, 1.807) is 0 Å². The highest BCUT2D eigenvalue weighted by molar-refractivity contribution is 5.92. The van der Waals surface area contributed by atoms with Gasteiger partial charge >= 0.3 is 0 Å². The van der Waals surface area contributed by atoms with Crippen LogP contribution in [-0.4, -0.2) is 20.2 Å². The average molecular weight is 283 g/mol. The Balaban J connectivity index is 2.08. The lowest BCUT2D eigenvalue weighted by Gasteiger charge is -2.04. The molecule has 2 aromatic heterocycles. The molecule has 3 rings (SSSR count). The van der Waals surface area contributed by atoms with Gasteiger partial charge in [0.15, 0.2) is 0 Å². The smallest absolute Gasteiger partial charge is 0.258 e. The molecular weight excluding hydrogens is 266 g/mol. The summed E-state index contributed by atoms with van der Waals surface area (Å²) in [5.41, 5.74) is 2.62. The lowest BCUT2D eigenvalue weighted by atomic mass is 10.1. The first kappa shape index (κ1) is 13.7. The Labute approximate surface area is 122 Å². The van der Waals surface area contributed by atoms with E-state index in [0.29, 0.717) is 18.1 Å². The molecule has 0 radical (unpaired) electrons. The SMILES string of the molecule is CCCC(O)c1noc(-c2cc(C)nc3ccccc23)n1. The first-order valence-electron chi connectivity index (χ1n) is 7.07. The number of rotatable bonds is 4. The largest absolute Gasteiger partial charge is 0.385 e. The van der Waals surface area contributed by atoms with Gasteiger partial charge in [-0.25, -0.2) is 0 Å². The van der Waals surface area contributed by atoms with Crippen molar-refractivity contribution in [2.24, 2.45) is 0 Å². The number of hydrogen-bond acceptors (Lipinski definition) is 5. The van der Waals surface area contributed by atoms with Crippen LogP contribution >= 0.6 is 0 Å². The predicted octanol–water partition coefficient (Wildman–Crippen LogP) is 3.43. The van der Waals surface area contributed by atoms with Crippen molar-refractivity contribution in [1.82, 2.24) is 15.1 Å². The minimum Gasteiger partial charge on any atom is -0.385 e. The summed E-state index contributed by atoms with van der Waals surface area (Å²) in [4.78, 5) is 8.83. The van der Waals surface area contributed by atoms with Crippen LogP contribution in [0.1, 0.15) is 37.4 Å². The first-order chi connectivity index (χ1) is 10.2. The van der Waals surface area contributed by atoms with Crippen molar-refractivity contribution < 1.29 is 9.63 Å². The molecular formula is C16H17N3O2. The Morgan fingerprint density at radius 1 is 1.24 bits per heavy atom. The number of nitrogens with zero attached hydrogens (tertiary/aromatic N) is 3. The van der Waals surface area contributed by atoms with Gasteiger partial charge in [0, 0.05) is 11.1 Å². The molecule has 0 saturated carbocycles. The van der Waals surface area contributed by atoms with Gasteiger partial charge in [0.1, 0.15) is 6.10 Å². The molecule has 0 aliphatic rings. The van der Waals surface area contributed by atoms with E-state index in [0.717, 1.165) is 28.6 Å². The molecule has 1 N–H and O–H groups in total. The van der Waals surface area contributed by atoms with Gasteiger partial charge in [-0.3, -0.25) is 4.98 Å². The third-order valence-corrected chi connectivity index (χ3v) is 3.38. The zero-order valence-corrected chi connectivity index (χ0v) is 12.1. The van der Waals surface area contributed by atoms with Crippen molar-refractivity contribution in [3.63, 3.8) is 0 Å².